The van der Waals surface area contributed by atoms with Crippen molar-refractivity contribution in [2.75, 3.05) is 5.73 Å². The third-order valence-electron chi connectivity index (χ3n) is 1.90. The molecule has 0 aliphatic heterocycles. The van der Waals surface area contributed by atoms with Crippen LogP contribution in [-0.2, 0) is 0 Å². The molecule has 3 heteroatoms. The Hall–Kier alpha value is -1.46. The Kier molecular flexibility index (Phi) is 3.62. The Balaban J connectivity index is 3.20. The lowest BCUT2D eigenvalue weighted by Crippen LogP contribution is -2.00. The van der Waals surface area contributed by atoms with Gasteiger partial charge >= 0.3 is 0 Å². The summed E-state index contributed by atoms with van der Waals surface area (Å²) < 4.78 is 0. The molecule has 84 valence electrons. The lowest BCUT2D eigenvalue weighted by atomic mass is 9.97. The average Bonchev–Trinajstić information content (AvgIpc) is 2.17. The molecule has 0 unspecified atom stereocenters. The number of halogens is 1. The first kappa shape index (κ1) is 12.6. The second kappa shape index (κ2) is 4.59. The van der Waals surface area contributed by atoms with E-state index >= 15 is 0 Å². The number of nitrogens with one attached hydrogen (secondary N) is 1. The normalized spacial score (nSPS) is 10.5. The molecular weight excluding hydrogens is 220 g/mol. The molecule has 16 heavy (non-hydrogen) atoms. The van der Waals surface area contributed by atoms with Gasteiger partial charge in [-0.05, 0) is 32.9 Å². The summed E-state index contributed by atoms with van der Waals surface area (Å²) in [6.45, 7) is 6.09. The summed E-state index contributed by atoms with van der Waals surface area (Å²) in [6.07, 6.45) is 1.18. The van der Waals surface area contributed by atoms with Crippen molar-refractivity contribution < 1.29 is 0 Å². The first-order valence-corrected chi connectivity index (χ1v) is 5.34. The molecule has 0 fully saturated rings. The van der Waals surface area contributed by atoms with Crippen molar-refractivity contribution in [1.29, 1.82) is 5.41 Å². The number of benzene rings is 1. The molecule has 0 aliphatic carbocycles. The molecule has 0 radical (unpaired) electrons. The van der Waals surface area contributed by atoms with Gasteiger partial charge in [0.1, 0.15) is 0 Å². The van der Waals surface area contributed by atoms with Crippen LogP contribution in [0.25, 0.3) is 0 Å². The lowest BCUT2D eigenvalue weighted by Gasteiger charge is -2.08. The average molecular weight is 235 g/mol. The van der Waals surface area contributed by atoms with Crippen LogP contribution in [0.1, 0.15) is 31.9 Å². The van der Waals surface area contributed by atoms with Crippen molar-refractivity contribution in [3.8, 4) is 11.8 Å². The van der Waals surface area contributed by atoms with Gasteiger partial charge in [0, 0.05) is 28.4 Å². The molecule has 3 N–H and O–H groups in total. The fourth-order valence-corrected chi connectivity index (χ4v) is 1.30. The summed E-state index contributed by atoms with van der Waals surface area (Å²) in [5.74, 6) is 6.10. The molecule has 0 aliphatic rings. The Morgan fingerprint density at radius 3 is 2.50 bits per heavy atom. The highest BCUT2D eigenvalue weighted by molar-refractivity contribution is 6.32. The smallest absolute Gasteiger partial charge is 0.0570 e. The van der Waals surface area contributed by atoms with E-state index in [9.17, 15) is 0 Å². The molecule has 1 aromatic carbocycles. The van der Waals surface area contributed by atoms with Crippen LogP contribution in [0.3, 0.4) is 0 Å². The molecule has 0 bridgehead atoms. The standard InChI is InChI=1S/C13H15ClN2/c1-13(2,3)5-4-9-7-12(16)10(8-15)6-11(9)14/h6-8,15H,16H2,1-3H3. The number of hydrogen-bond donors (Lipinski definition) is 2. The third-order valence-corrected chi connectivity index (χ3v) is 2.21. The highest BCUT2D eigenvalue weighted by atomic mass is 35.5. The fraction of sp³-hybridized carbons (Fsp3) is 0.308. The molecule has 0 amide bonds. The summed E-state index contributed by atoms with van der Waals surface area (Å²) in [5, 5.41) is 7.69. The molecule has 1 rings (SSSR count). The van der Waals surface area contributed by atoms with Gasteiger partial charge in [-0.1, -0.05) is 23.4 Å². The number of nitrogens with two attached hydrogens (primary N) is 1. The van der Waals surface area contributed by atoms with E-state index in [4.69, 9.17) is 22.7 Å². The van der Waals surface area contributed by atoms with E-state index in [2.05, 4.69) is 11.8 Å². The van der Waals surface area contributed by atoms with E-state index in [0.717, 1.165) is 0 Å². The number of anilines is 1. The van der Waals surface area contributed by atoms with Gasteiger partial charge < -0.3 is 11.1 Å². The first-order chi connectivity index (χ1) is 7.33. The van der Waals surface area contributed by atoms with Gasteiger partial charge in [0.25, 0.3) is 0 Å². The minimum Gasteiger partial charge on any atom is -0.398 e. The predicted octanol–water partition coefficient (Wildman–Crippen LogP) is 3.32. The van der Waals surface area contributed by atoms with E-state index in [0.29, 0.717) is 21.8 Å². The molecule has 2 nitrogen and oxygen atoms in total. The van der Waals surface area contributed by atoms with Crippen LogP contribution in [0.15, 0.2) is 12.1 Å². The summed E-state index contributed by atoms with van der Waals surface area (Å²) in [6, 6.07) is 3.37. The zero-order valence-electron chi connectivity index (χ0n) is 9.69. The van der Waals surface area contributed by atoms with Crippen LogP contribution in [-0.4, -0.2) is 6.21 Å². The highest BCUT2D eigenvalue weighted by Gasteiger charge is 2.06. The quantitative estimate of drug-likeness (QED) is 0.437. The first-order valence-electron chi connectivity index (χ1n) is 4.96. The van der Waals surface area contributed by atoms with Crippen molar-refractivity contribution in [2.45, 2.75) is 20.8 Å². The van der Waals surface area contributed by atoms with E-state index in [1.54, 1.807) is 12.1 Å². The Bertz CT molecular complexity index is 473. The molecule has 0 saturated carbocycles. The topological polar surface area (TPSA) is 49.9 Å². The number of rotatable bonds is 1. The molecule has 0 aromatic heterocycles. The van der Waals surface area contributed by atoms with E-state index < -0.39 is 0 Å². The second-order valence-electron chi connectivity index (χ2n) is 4.61. The third kappa shape index (κ3) is 3.29. The van der Waals surface area contributed by atoms with Crippen molar-refractivity contribution in [2.24, 2.45) is 5.41 Å². The van der Waals surface area contributed by atoms with Crippen LogP contribution in [0.5, 0.6) is 0 Å². The van der Waals surface area contributed by atoms with Crippen LogP contribution < -0.4 is 5.73 Å². The van der Waals surface area contributed by atoms with Crippen molar-refractivity contribution in [1.82, 2.24) is 0 Å². The van der Waals surface area contributed by atoms with Gasteiger partial charge in [-0.3, -0.25) is 0 Å². The maximum atomic E-state index is 7.15. The van der Waals surface area contributed by atoms with E-state index in [1.165, 1.54) is 6.21 Å². The van der Waals surface area contributed by atoms with Crippen LogP contribution in [0, 0.1) is 22.7 Å². The predicted molar refractivity (Wildman–Crippen MR) is 70.1 cm³/mol. The maximum Gasteiger partial charge on any atom is 0.0570 e. The summed E-state index contributed by atoms with van der Waals surface area (Å²) in [5.41, 5.74) is 7.54. The summed E-state index contributed by atoms with van der Waals surface area (Å²) >= 11 is 6.05. The number of hydrogen-bond acceptors (Lipinski definition) is 2. The Morgan fingerprint density at radius 1 is 1.38 bits per heavy atom. The molecule has 0 saturated heterocycles. The SMILES string of the molecule is CC(C)(C)C#Cc1cc(N)c(C=N)cc1Cl. The molecule has 0 spiro atoms. The fourth-order valence-electron chi connectivity index (χ4n) is 1.08. The minimum atomic E-state index is -0.0711. The Morgan fingerprint density at radius 2 is 2.00 bits per heavy atom. The highest BCUT2D eigenvalue weighted by Crippen LogP contribution is 2.22. The molecular formula is C13H15ClN2. The van der Waals surface area contributed by atoms with Crippen molar-refractivity contribution >= 4 is 23.5 Å². The van der Waals surface area contributed by atoms with Crippen LogP contribution in [0.2, 0.25) is 5.02 Å². The maximum absolute atomic E-state index is 7.15. The largest absolute Gasteiger partial charge is 0.398 e. The summed E-state index contributed by atoms with van der Waals surface area (Å²) in [7, 11) is 0. The zero-order valence-corrected chi connectivity index (χ0v) is 10.4. The lowest BCUT2D eigenvalue weighted by molar-refractivity contribution is 0.571. The number of nitrogen functional groups attached to an aromatic ring is 1. The summed E-state index contributed by atoms with van der Waals surface area (Å²) in [4.78, 5) is 0. The van der Waals surface area contributed by atoms with Crippen LogP contribution in [0.4, 0.5) is 5.69 Å². The molecule has 0 atom stereocenters. The van der Waals surface area contributed by atoms with Crippen molar-refractivity contribution in [3.63, 3.8) is 0 Å². The minimum absolute atomic E-state index is 0.0711. The zero-order chi connectivity index (χ0) is 12.3. The van der Waals surface area contributed by atoms with Crippen LogP contribution >= 0.6 is 11.6 Å². The second-order valence-corrected chi connectivity index (χ2v) is 5.01. The van der Waals surface area contributed by atoms with E-state index in [1.807, 2.05) is 20.8 Å². The monoisotopic (exact) mass is 234 g/mol. The van der Waals surface area contributed by atoms with Gasteiger partial charge in [0.15, 0.2) is 0 Å². The van der Waals surface area contributed by atoms with Gasteiger partial charge in [-0.2, -0.15) is 0 Å². The Labute approximate surface area is 101 Å². The van der Waals surface area contributed by atoms with E-state index in [-0.39, 0.29) is 5.41 Å². The van der Waals surface area contributed by atoms with Gasteiger partial charge in [-0.25, -0.2) is 0 Å². The molecule has 0 heterocycles. The van der Waals surface area contributed by atoms with Gasteiger partial charge in [0.05, 0.1) is 5.02 Å². The van der Waals surface area contributed by atoms with Crippen molar-refractivity contribution in [3.05, 3.63) is 28.3 Å². The molecule has 1 aromatic rings. The van der Waals surface area contributed by atoms with Gasteiger partial charge in [0.2, 0.25) is 0 Å². The van der Waals surface area contributed by atoms with Gasteiger partial charge in [-0.15, -0.1) is 0 Å².